The second-order valence-electron chi connectivity index (χ2n) is 7.92. The van der Waals surface area contributed by atoms with Crippen molar-refractivity contribution in [1.82, 2.24) is 14.8 Å². The van der Waals surface area contributed by atoms with Crippen LogP contribution in [-0.2, 0) is 5.54 Å². The Morgan fingerprint density at radius 2 is 1.93 bits per heavy atom. The lowest BCUT2D eigenvalue weighted by Crippen LogP contribution is -2.51. The quantitative estimate of drug-likeness (QED) is 0.691. The Morgan fingerprint density at radius 3 is 2.63 bits per heavy atom. The summed E-state index contributed by atoms with van der Waals surface area (Å²) in [6.07, 6.45) is 4.42. The van der Waals surface area contributed by atoms with Crippen LogP contribution in [0, 0.1) is 0 Å². The molecule has 1 fully saturated rings. The van der Waals surface area contributed by atoms with E-state index in [1.807, 2.05) is 17.5 Å². The van der Waals surface area contributed by atoms with Crippen LogP contribution in [0.4, 0.5) is 5.69 Å². The van der Waals surface area contributed by atoms with Crippen LogP contribution in [0.1, 0.15) is 17.7 Å². The van der Waals surface area contributed by atoms with E-state index in [4.69, 9.17) is 0 Å². The normalized spacial score (nSPS) is 17.6. The highest BCUT2D eigenvalue weighted by molar-refractivity contribution is 7.10. The molecule has 27 heavy (non-hydrogen) atoms. The Morgan fingerprint density at radius 1 is 1.11 bits per heavy atom. The molecule has 4 nitrogen and oxygen atoms in total. The fraction of sp³-hybridized carbons (Fsp3) is 0.455. The second kappa shape index (κ2) is 7.66. The van der Waals surface area contributed by atoms with Crippen molar-refractivity contribution in [2.45, 2.75) is 18.4 Å². The first-order valence-electron chi connectivity index (χ1n) is 9.80. The summed E-state index contributed by atoms with van der Waals surface area (Å²) in [5, 5.41) is 3.49. The second-order valence-corrected chi connectivity index (χ2v) is 8.86. The number of likely N-dealkylation sites (tertiary alicyclic amines) is 1. The molecular formula is C22H30N4S. The van der Waals surface area contributed by atoms with Crippen molar-refractivity contribution in [3.63, 3.8) is 0 Å². The molecule has 5 heteroatoms. The Bertz CT molecular complexity index is 859. The molecule has 0 spiro atoms. The third kappa shape index (κ3) is 3.64. The first-order chi connectivity index (χ1) is 13.1. The van der Waals surface area contributed by atoms with Crippen molar-refractivity contribution in [1.29, 1.82) is 0 Å². The minimum atomic E-state index is 0.218. The van der Waals surface area contributed by atoms with Crippen molar-refractivity contribution >= 4 is 27.9 Å². The number of rotatable bonds is 6. The monoisotopic (exact) mass is 382 g/mol. The number of nitrogens with zero attached hydrogens (tertiary/aromatic N) is 3. The maximum Gasteiger partial charge on any atom is 0.0573 e. The molecule has 144 valence electrons. The van der Waals surface area contributed by atoms with Gasteiger partial charge in [0.2, 0.25) is 0 Å². The Balaban J connectivity index is 1.35. The van der Waals surface area contributed by atoms with E-state index in [1.165, 1.54) is 47.4 Å². The summed E-state index contributed by atoms with van der Waals surface area (Å²) in [6, 6.07) is 13.3. The van der Waals surface area contributed by atoms with Crippen LogP contribution < -0.4 is 4.90 Å². The molecule has 0 aliphatic carbocycles. The predicted molar refractivity (Wildman–Crippen MR) is 117 cm³/mol. The van der Waals surface area contributed by atoms with Crippen LogP contribution in [-0.4, -0.2) is 62.1 Å². The van der Waals surface area contributed by atoms with Crippen molar-refractivity contribution in [2.24, 2.45) is 0 Å². The number of aromatic nitrogens is 1. The lowest BCUT2D eigenvalue weighted by Gasteiger charge is -2.46. The van der Waals surface area contributed by atoms with E-state index in [0.717, 1.165) is 13.1 Å². The summed E-state index contributed by atoms with van der Waals surface area (Å²) < 4.78 is 0. The fourth-order valence-corrected chi connectivity index (χ4v) is 5.37. The van der Waals surface area contributed by atoms with Crippen molar-refractivity contribution in [2.75, 3.05) is 52.2 Å². The molecule has 3 aromatic rings. The van der Waals surface area contributed by atoms with Crippen LogP contribution in [0.25, 0.3) is 10.9 Å². The molecule has 3 heterocycles. The fourth-order valence-electron chi connectivity index (χ4n) is 4.30. The molecule has 1 aliphatic heterocycles. The minimum Gasteiger partial charge on any atom is -0.373 e. The molecule has 1 aromatic carbocycles. The molecule has 1 saturated heterocycles. The van der Waals surface area contributed by atoms with Crippen molar-refractivity contribution < 1.29 is 0 Å². The molecule has 4 rings (SSSR count). The van der Waals surface area contributed by atoms with E-state index in [0.29, 0.717) is 0 Å². The van der Waals surface area contributed by atoms with Gasteiger partial charge in [-0.1, -0.05) is 6.07 Å². The van der Waals surface area contributed by atoms with Crippen LogP contribution >= 0.6 is 11.3 Å². The summed E-state index contributed by atoms with van der Waals surface area (Å²) in [7, 11) is 6.67. The highest BCUT2D eigenvalue weighted by Crippen LogP contribution is 2.39. The zero-order chi connectivity index (χ0) is 18.9. The van der Waals surface area contributed by atoms with Gasteiger partial charge in [-0.2, -0.15) is 0 Å². The summed E-state index contributed by atoms with van der Waals surface area (Å²) >= 11 is 1.90. The van der Waals surface area contributed by atoms with E-state index in [-0.39, 0.29) is 5.54 Å². The maximum atomic E-state index is 3.27. The topological polar surface area (TPSA) is 25.5 Å². The largest absolute Gasteiger partial charge is 0.373 e. The average Bonchev–Trinajstić information content (AvgIpc) is 3.37. The summed E-state index contributed by atoms with van der Waals surface area (Å²) in [5.74, 6) is 0. The Labute approximate surface area is 166 Å². The van der Waals surface area contributed by atoms with Crippen LogP contribution in [0.3, 0.4) is 0 Å². The number of piperidine rings is 1. The summed E-state index contributed by atoms with van der Waals surface area (Å²) in [4.78, 5) is 12.2. The molecule has 0 atom stereocenters. The van der Waals surface area contributed by atoms with Gasteiger partial charge in [0, 0.05) is 60.9 Å². The van der Waals surface area contributed by atoms with Gasteiger partial charge < -0.3 is 14.8 Å². The van der Waals surface area contributed by atoms with Gasteiger partial charge in [-0.05, 0) is 62.6 Å². The van der Waals surface area contributed by atoms with E-state index in [2.05, 4.69) is 82.6 Å². The third-order valence-corrected chi connectivity index (χ3v) is 7.31. The van der Waals surface area contributed by atoms with Gasteiger partial charge in [-0.3, -0.25) is 4.90 Å². The number of nitrogens with one attached hydrogen (secondary N) is 1. The lowest BCUT2D eigenvalue weighted by atomic mass is 9.84. The van der Waals surface area contributed by atoms with Crippen molar-refractivity contribution in [3.8, 4) is 0 Å². The summed E-state index contributed by atoms with van der Waals surface area (Å²) in [5.41, 5.74) is 2.72. The van der Waals surface area contributed by atoms with Crippen LogP contribution in [0.5, 0.6) is 0 Å². The number of thiophene rings is 1. The number of fused-ring (bicyclic) bond motifs is 1. The number of hydrogen-bond acceptors (Lipinski definition) is 4. The van der Waals surface area contributed by atoms with Crippen LogP contribution in [0.2, 0.25) is 0 Å². The van der Waals surface area contributed by atoms with E-state index in [1.54, 1.807) is 0 Å². The van der Waals surface area contributed by atoms with E-state index >= 15 is 0 Å². The maximum absolute atomic E-state index is 3.27. The zero-order valence-corrected chi connectivity index (χ0v) is 17.4. The van der Waals surface area contributed by atoms with Gasteiger partial charge in [-0.25, -0.2) is 0 Å². The van der Waals surface area contributed by atoms with E-state index < -0.39 is 0 Å². The van der Waals surface area contributed by atoms with Crippen molar-refractivity contribution in [3.05, 3.63) is 52.9 Å². The SMILES string of the molecule is CN(CCN1CCC(c2cccs2)(N(C)C)CC1)c1ccc2[nH]ccc2c1. The molecular weight excluding hydrogens is 352 g/mol. The molecule has 1 aliphatic rings. The molecule has 0 saturated carbocycles. The van der Waals surface area contributed by atoms with Gasteiger partial charge in [0.05, 0.1) is 5.54 Å². The van der Waals surface area contributed by atoms with Gasteiger partial charge in [0.1, 0.15) is 0 Å². The number of hydrogen-bond donors (Lipinski definition) is 1. The van der Waals surface area contributed by atoms with E-state index in [9.17, 15) is 0 Å². The molecule has 0 amide bonds. The molecule has 0 radical (unpaired) electrons. The first kappa shape index (κ1) is 18.5. The lowest BCUT2D eigenvalue weighted by molar-refractivity contribution is 0.0580. The Kier molecular flexibility index (Phi) is 5.26. The molecule has 0 unspecified atom stereocenters. The predicted octanol–water partition coefficient (Wildman–Crippen LogP) is 4.22. The number of benzene rings is 1. The smallest absolute Gasteiger partial charge is 0.0573 e. The van der Waals surface area contributed by atoms with Gasteiger partial charge in [0.15, 0.2) is 0 Å². The summed E-state index contributed by atoms with van der Waals surface area (Å²) in [6.45, 7) is 4.51. The number of aromatic amines is 1. The minimum absolute atomic E-state index is 0.218. The van der Waals surface area contributed by atoms with Gasteiger partial charge >= 0.3 is 0 Å². The van der Waals surface area contributed by atoms with Gasteiger partial charge in [-0.15, -0.1) is 11.3 Å². The molecule has 2 aromatic heterocycles. The number of likely N-dealkylation sites (N-methyl/N-ethyl adjacent to an activating group) is 1. The average molecular weight is 383 g/mol. The number of H-pyrrole nitrogens is 1. The third-order valence-electron chi connectivity index (χ3n) is 6.25. The first-order valence-corrected chi connectivity index (χ1v) is 10.7. The van der Waals surface area contributed by atoms with Crippen LogP contribution in [0.15, 0.2) is 48.0 Å². The Hall–Kier alpha value is -1.82. The zero-order valence-electron chi connectivity index (χ0n) is 16.6. The molecule has 1 N–H and O–H groups in total. The standard InChI is InChI=1S/C22H30N4S/c1-24(2)22(21-5-4-16-27-21)9-12-26(13-10-22)15-14-25(3)19-6-7-20-18(17-19)8-11-23-20/h4-8,11,16-17,23H,9-10,12-15H2,1-3H3. The molecule has 0 bridgehead atoms. The number of anilines is 1. The highest BCUT2D eigenvalue weighted by Gasteiger charge is 2.38. The van der Waals surface area contributed by atoms with Gasteiger partial charge in [0.25, 0.3) is 0 Å². The highest BCUT2D eigenvalue weighted by atomic mass is 32.1.